The number of hydrogen-bond acceptors (Lipinski definition) is 5. The molecular weight excluding hydrogens is 289 g/mol. The molecule has 0 saturated heterocycles. The molecule has 0 atom stereocenters. The summed E-state index contributed by atoms with van der Waals surface area (Å²) in [6.45, 7) is 4.93. The van der Waals surface area contributed by atoms with E-state index in [2.05, 4.69) is 5.32 Å². The number of unbranched alkanes of at least 4 members (excludes halogenated alkanes) is 2. The van der Waals surface area contributed by atoms with E-state index in [0.29, 0.717) is 18.9 Å². The summed E-state index contributed by atoms with van der Waals surface area (Å²) >= 11 is 0. The van der Waals surface area contributed by atoms with Crippen LogP contribution >= 0.6 is 7.60 Å². The fraction of sp³-hybridized carbons (Fsp3) is 0.600. The molecular formula is C15H26NO4P. The minimum absolute atomic E-state index is 0.0536. The summed E-state index contributed by atoms with van der Waals surface area (Å²) in [5.41, 5.74) is 0.524. The predicted molar refractivity (Wildman–Crippen MR) is 85.9 cm³/mol. The van der Waals surface area contributed by atoms with E-state index in [1.165, 1.54) is 0 Å². The molecule has 0 fully saturated rings. The number of hydrogen-bond donors (Lipinski definition) is 2. The molecule has 0 radical (unpaired) electrons. The molecule has 120 valence electrons. The third kappa shape index (κ3) is 6.98. The third-order valence-corrected chi connectivity index (χ3v) is 4.64. The monoisotopic (exact) mass is 315 g/mol. The number of anilines is 1. The highest BCUT2D eigenvalue weighted by Crippen LogP contribution is 2.48. The summed E-state index contributed by atoms with van der Waals surface area (Å²) in [6.07, 6.45) is 3.69. The molecule has 5 nitrogen and oxygen atoms in total. The van der Waals surface area contributed by atoms with Crippen LogP contribution in [0.1, 0.15) is 39.5 Å². The van der Waals surface area contributed by atoms with Crippen LogP contribution in [0.3, 0.4) is 0 Å². The van der Waals surface area contributed by atoms with Crippen molar-refractivity contribution in [1.29, 1.82) is 0 Å². The molecule has 2 N–H and O–H groups in total. The van der Waals surface area contributed by atoms with Crippen LogP contribution in [0.15, 0.2) is 24.3 Å². The normalized spacial score (nSPS) is 11.5. The van der Waals surface area contributed by atoms with E-state index in [1.807, 2.05) is 13.8 Å². The van der Waals surface area contributed by atoms with Crippen LogP contribution < -0.4 is 5.32 Å². The Morgan fingerprint density at radius 3 is 2.19 bits per heavy atom. The topological polar surface area (TPSA) is 67.8 Å². The quantitative estimate of drug-likeness (QED) is 0.355. The van der Waals surface area contributed by atoms with E-state index in [4.69, 9.17) is 9.05 Å². The Balaban J connectivity index is 2.58. The van der Waals surface area contributed by atoms with Crippen molar-refractivity contribution in [1.82, 2.24) is 0 Å². The van der Waals surface area contributed by atoms with Gasteiger partial charge in [0.05, 0.1) is 18.9 Å². The van der Waals surface area contributed by atoms with Gasteiger partial charge in [0.1, 0.15) is 12.0 Å². The first kappa shape index (κ1) is 18.0. The zero-order valence-electron chi connectivity index (χ0n) is 12.9. The Morgan fingerprint density at radius 1 is 1.10 bits per heavy atom. The Labute approximate surface area is 127 Å². The van der Waals surface area contributed by atoms with Gasteiger partial charge in [0, 0.05) is 0 Å². The number of rotatable bonds is 11. The highest BCUT2D eigenvalue weighted by atomic mass is 31.2. The van der Waals surface area contributed by atoms with E-state index in [0.717, 1.165) is 25.7 Å². The van der Waals surface area contributed by atoms with Crippen molar-refractivity contribution in [2.75, 3.05) is 24.8 Å². The Kier molecular flexibility index (Phi) is 8.43. The average Bonchev–Trinajstić information content (AvgIpc) is 2.47. The lowest BCUT2D eigenvalue weighted by Gasteiger charge is -2.19. The molecule has 1 aromatic rings. The molecule has 0 unspecified atom stereocenters. The molecule has 1 rings (SSSR count). The summed E-state index contributed by atoms with van der Waals surface area (Å²) in [5.74, 6) is 0.117. The molecule has 0 aromatic heterocycles. The first-order valence-corrected chi connectivity index (χ1v) is 9.24. The van der Waals surface area contributed by atoms with Gasteiger partial charge in [-0.1, -0.05) is 38.8 Å². The highest BCUT2D eigenvalue weighted by molar-refractivity contribution is 7.53. The molecule has 0 saturated carbocycles. The standard InChI is InChI=1S/C15H26NO4P/c1-3-5-11-19-21(18,20-12-6-4-2)13-16-14-9-7-8-10-15(14)17/h7-10,16-17H,3-6,11-13H2,1-2H3. The first-order valence-electron chi connectivity index (χ1n) is 7.51. The molecule has 0 bridgehead atoms. The number of benzene rings is 1. The summed E-state index contributed by atoms with van der Waals surface area (Å²) in [5, 5.41) is 12.6. The summed E-state index contributed by atoms with van der Waals surface area (Å²) < 4.78 is 23.6. The Hall–Kier alpha value is -1.03. The minimum atomic E-state index is -3.19. The molecule has 0 heterocycles. The van der Waals surface area contributed by atoms with Gasteiger partial charge in [0.2, 0.25) is 0 Å². The zero-order chi connectivity index (χ0) is 15.6. The number of phenols is 1. The summed E-state index contributed by atoms with van der Waals surface area (Å²) in [6, 6.07) is 6.82. The van der Waals surface area contributed by atoms with Gasteiger partial charge < -0.3 is 19.5 Å². The van der Waals surface area contributed by atoms with Gasteiger partial charge in [-0.05, 0) is 25.0 Å². The lowest BCUT2D eigenvalue weighted by atomic mass is 10.3. The number of para-hydroxylation sites is 2. The van der Waals surface area contributed by atoms with Crippen LogP contribution in [-0.2, 0) is 13.6 Å². The van der Waals surface area contributed by atoms with Crippen molar-refractivity contribution >= 4 is 13.3 Å². The van der Waals surface area contributed by atoms with E-state index in [1.54, 1.807) is 24.3 Å². The Bertz CT molecular complexity index is 439. The average molecular weight is 315 g/mol. The first-order chi connectivity index (χ1) is 10.1. The van der Waals surface area contributed by atoms with Crippen molar-refractivity contribution in [3.05, 3.63) is 24.3 Å². The van der Waals surface area contributed by atoms with Crippen molar-refractivity contribution < 1.29 is 18.7 Å². The second kappa shape index (κ2) is 9.82. The molecule has 0 spiro atoms. The zero-order valence-corrected chi connectivity index (χ0v) is 13.8. The van der Waals surface area contributed by atoms with Crippen molar-refractivity contribution in [3.63, 3.8) is 0 Å². The van der Waals surface area contributed by atoms with Crippen LogP contribution in [-0.4, -0.2) is 24.6 Å². The SMILES string of the molecule is CCCCOP(=O)(CNc1ccccc1O)OCCCC. The maximum absolute atomic E-state index is 12.7. The molecule has 0 aliphatic rings. The predicted octanol–water partition coefficient (Wildman–Crippen LogP) is 4.59. The molecule has 1 aromatic carbocycles. The smallest absolute Gasteiger partial charge is 0.349 e. The highest BCUT2D eigenvalue weighted by Gasteiger charge is 2.24. The number of nitrogens with one attached hydrogen (secondary N) is 1. The number of phenolic OH excluding ortho intramolecular Hbond substituents is 1. The second-order valence-electron chi connectivity index (χ2n) is 4.84. The van der Waals surface area contributed by atoms with Crippen LogP contribution in [0.5, 0.6) is 5.75 Å². The maximum atomic E-state index is 12.7. The third-order valence-electron chi connectivity index (χ3n) is 2.94. The van der Waals surface area contributed by atoms with Gasteiger partial charge in [-0.3, -0.25) is 4.57 Å². The van der Waals surface area contributed by atoms with Crippen LogP contribution in [0, 0.1) is 0 Å². The minimum Gasteiger partial charge on any atom is -0.506 e. The molecule has 6 heteroatoms. The van der Waals surface area contributed by atoms with Gasteiger partial charge >= 0.3 is 7.60 Å². The molecule has 0 aliphatic heterocycles. The van der Waals surface area contributed by atoms with Gasteiger partial charge in [-0.2, -0.15) is 0 Å². The van der Waals surface area contributed by atoms with Crippen LogP contribution in [0.4, 0.5) is 5.69 Å². The maximum Gasteiger partial charge on any atom is 0.349 e. The van der Waals surface area contributed by atoms with E-state index >= 15 is 0 Å². The molecule has 0 aliphatic carbocycles. The van der Waals surface area contributed by atoms with E-state index in [9.17, 15) is 9.67 Å². The number of aromatic hydroxyl groups is 1. The van der Waals surface area contributed by atoms with Gasteiger partial charge in [-0.15, -0.1) is 0 Å². The lowest BCUT2D eigenvalue weighted by molar-refractivity contribution is 0.201. The Morgan fingerprint density at radius 2 is 1.67 bits per heavy atom. The summed E-state index contributed by atoms with van der Waals surface area (Å²) in [4.78, 5) is 0. The molecule has 21 heavy (non-hydrogen) atoms. The van der Waals surface area contributed by atoms with Gasteiger partial charge in [-0.25, -0.2) is 0 Å². The summed E-state index contributed by atoms with van der Waals surface area (Å²) in [7, 11) is -3.19. The second-order valence-corrected chi connectivity index (χ2v) is 6.89. The van der Waals surface area contributed by atoms with Crippen LogP contribution in [0.25, 0.3) is 0 Å². The van der Waals surface area contributed by atoms with E-state index < -0.39 is 7.60 Å². The largest absolute Gasteiger partial charge is 0.506 e. The fourth-order valence-corrected chi connectivity index (χ4v) is 3.07. The lowest BCUT2D eigenvalue weighted by Crippen LogP contribution is -2.09. The van der Waals surface area contributed by atoms with Crippen molar-refractivity contribution in [2.24, 2.45) is 0 Å². The van der Waals surface area contributed by atoms with Crippen molar-refractivity contribution in [2.45, 2.75) is 39.5 Å². The van der Waals surface area contributed by atoms with Crippen LogP contribution in [0.2, 0.25) is 0 Å². The van der Waals surface area contributed by atoms with Gasteiger partial charge in [0.25, 0.3) is 0 Å². The van der Waals surface area contributed by atoms with Gasteiger partial charge in [0.15, 0.2) is 0 Å². The van der Waals surface area contributed by atoms with E-state index in [-0.39, 0.29) is 12.0 Å². The van der Waals surface area contributed by atoms with Crippen molar-refractivity contribution in [3.8, 4) is 5.75 Å². The fourth-order valence-electron chi connectivity index (χ4n) is 1.63. The molecule has 0 amide bonds.